The first-order valence-corrected chi connectivity index (χ1v) is 37.2. The Morgan fingerprint density at radius 3 is 1.01 bits per heavy atom. The standard InChI is InChI=1S/C65H110N4O49/c1-16(79)66-31-20(83)5-65(64(101)102,118-53(31)36(88)22(85)7-71)103-15-30-37(89)44(96)45(97)60(110-30)112-50-27(12-76)107-57(32(41(50)93)67-17(2)80)116-55-39(91)25(10-74)105-62(47(55)99)114-52-29(14-78)109-59(34(43(52)95)69-19(4)82)117-56-40(92)26(11-75)106-63(48(56)100)113-51-28(13-77)108-58(33(42(51)94)68-18(3)81)115-54-38(90)24(9-73)104-61(46(54)98)111-49(23(86)8-72)35(87)21(84)6-70/h20-63,70-78,83-100H,5-15H2,1-4H3,(H,66,79)(H,67,80)(H,68,81)(H,69,82)(H,101,102)/t20-,21-,22+,23+,24+,25+,26+,27+,28+,29+,30+,31+,32+,33+,34+,35+,36+,37-,38-,39-,40-,41+,42+,43+,44-,45+,46+,47+,48+,49+,50+,51+,52+,53+,54-,55-,56-,57-,58-,59-,60-,61-,62-,63-,65+/m0/s1. The number of ether oxygens (including phenoxy) is 16. The van der Waals surface area contributed by atoms with E-state index in [-0.39, 0.29) is 0 Å². The summed E-state index contributed by atoms with van der Waals surface area (Å²) in [4.78, 5) is 63.7. The van der Waals surface area contributed by atoms with Crippen LogP contribution in [0.3, 0.4) is 0 Å². The third kappa shape index (κ3) is 22.3. The van der Waals surface area contributed by atoms with Gasteiger partial charge in [0.05, 0.1) is 78.2 Å². The lowest BCUT2D eigenvalue weighted by atomic mass is 9.88. The van der Waals surface area contributed by atoms with Gasteiger partial charge in [0.2, 0.25) is 23.6 Å². The lowest BCUT2D eigenvalue weighted by molar-refractivity contribution is -0.388. The average molecular weight is 1730 g/mol. The number of hydrogen-bond acceptors (Lipinski definition) is 48. The number of aliphatic hydroxyl groups is 27. The number of nitrogens with one attached hydrogen (secondary N) is 4. The van der Waals surface area contributed by atoms with Crippen LogP contribution in [0.1, 0.15) is 34.1 Å². The number of carboxylic acid groups (broad SMARTS) is 1. The average Bonchev–Trinajstić information content (AvgIpc) is 0.778. The van der Waals surface area contributed by atoms with Gasteiger partial charge >= 0.3 is 5.97 Å². The summed E-state index contributed by atoms with van der Waals surface area (Å²) in [5, 5.41) is 315. The molecule has 8 aliphatic rings. The summed E-state index contributed by atoms with van der Waals surface area (Å²) in [6.45, 7) is -7.83. The number of carbonyl (C=O) groups excluding carboxylic acids is 4. The second-order valence-corrected chi connectivity index (χ2v) is 29.3. The number of carboxylic acids is 1. The molecule has 53 nitrogen and oxygen atoms in total. The fourth-order valence-corrected chi connectivity index (χ4v) is 14.8. The third-order valence-electron chi connectivity index (χ3n) is 21.0. The normalized spacial score (nSPS) is 44.7. The zero-order valence-corrected chi connectivity index (χ0v) is 63.3. The topological polar surface area (TPSA) is 848 Å². The molecule has 684 valence electrons. The maximum Gasteiger partial charge on any atom is 0.364 e. The minimum Gasteiger partial charge on any atom is -0.477 e. The fourth-order valence-electron chi connectivity index (χ4n) is 14.8. The first-order chi connectivity index (χ1) is 55.6. The molecule has 0 aliphatic carbocycles. The molecule has 0 saturated carbocycles. The fraction of sp³-hybridized carbons (Fsp3) is 0.923. The Bertz CT molecular complexity index is 3160. The molecule has 8 saturated heterocycles. The van der Waals surface area contributed by atoms with Gasteiger partial charge in [-0.2, -0.15) is 0 Å². The smallest absolute Gasteiger partial charge is 0.364 e. The van der Waals surface area contributed by atoms with E-state index in [1.165, 1.54) is 0 Å². The Balaban J connectivity index is 0.972. The Morgan fingerprint density at radius 1 is 0.356 bits per heavy atom. The predicted octanol–water partition coefficient (Wildman–Crippen LogP) is -21.2. The molecule has 0 spiro atoms. The molecule has 8 fully saturated rings. The van der Waals surface area contributed by atoms with E-state index in [0.29, 0.717) is 0 Å². The van der Waals surface area contributed by atoms with Crippen LogP contribution >= 0.6 is 0 Å². The molecule has 32 N–H and O–H groups in total. The van der Waals surface area contributed by atoms with Gasteiger partial charge in [0.25, 0.3) is 5.79 Å². The van der Waals surface area contributed by atoms with Crippen molar-refractivity contribution >= 4 is 29.6 Å². The van der Waals surface area contributed by atoms with Crippen molar-refractivity contribution in [3.8, 4) is 0 Å². The number of hydrogen-bond donors (Lipinski definition) is 32. The summed E-state index contributed by atoms with van der Waals surface area (Å²) < 4.78 is 92.9. The van der Waals surface area contributed by atoms with Crippen LogP contribution in [-0.2, 0) is 99.8 Å². The SMILES string of the molecule is CC(=O)N[C@H]1[C@H](O[C@H]2[C@@H](O)[C@@H](CO)O[C@@H](O[C@H]3[C@H](O)[C@@H](NC(C)=O)[C@H](O[C@H]4[C@@H](O)[C@@H](CO)O[C@@H](O[C@H]5[C@H](O)[C@@H](NC(C)=O)[C@H](O[C@H]6[C@@H](O)[C@@H](CO)O[C@@H](O[C@@H]([C@H](O)[C@@H](O)CO)[C@H](O)CO)[C@@H]6O)O[C@@H]5CO)[C@@H]4O)O[C@@H]3CO)[C@@H]2O)O[C@H](CO)[C@@H](O[C@@H]2O[C@H](CO[C@]3(C(=O)O)C[C@H](O)[C@@H](NC(C)=O)[C@H]([C@H](O)[C@H](O)CO)O3)[C@H](O)[C@H](O)[C@H]2O)[C@@H]1O. The van der Waals surface area contributed by atoms with Crippen molar-refractivity contribution in [2.75, 3.05) is 66.1 Å². The largest absolute Gasteiger partial charge is 0.477 e. The molecule has 53 heteroatoms. The van der Waals surface area contributed by atoms with Crippen molar-refractivity contribution in [1.29, 1.82) is 0 Å². The van der Waals surface area contributed by atoms with Crippen LogP contribution in [0.15, 0.2) is 0 Å². The van der Waals surface area contributed by atoms with Crippen LogP contribution in [0, 0.1) is 0 Å². The number of carbonyl (C=O) groups is 5. The van der Waals surface area contributed by atoms with Gasteiger partial charge in [0, 0.05) is 34.1 Å². The highest BCUT2D eigenvalue weighted by molar-refractivity contribution is 5.77. The molecule has 0 radical (unpaired) electrons. The molecule has 0 aromatic carbocycles. The van der Waals surface area contributed by atoms with E-state index in [9.17, 15) is 167 Å². The highest BCUT2D eigenvalue weighted by Gasteiger charge is 2.62. The van der Waals surface area contributed by atoms with E-state index in [1.54, 1.807) is 0 Å². The van der Waals surface area contributed by atoms with Crippen LogP contribution < -0.4 is 21.3 Å². The maximum atomic E-state index is 13.0. The lowest BCUT2D eigenvalue weighted by Crippen LogP contribution is -2.71. The molecule has 8 heterocycles. The van der Waals surface area contributed by atoms with Gasteiger partial charge in [-0.15, -0.1) is 0 Å². The quantitative estimate of drug-likeness (QED) is 0.0277. The molecule has 8 rings (SSSR count). The van der Waals surface area contributed by atoms with Gasteiger partial charge in [0.15, 0.2) is 44.0 Å². The lowest BCUT2D eigenvalue weighted by Gasteiger charge is -2.51. The summed E-state index contributed by atoms with van der Waals surface area (Å²) in [5.74, 6) is -8.81. The summed E-state index contributed by atoms with van der Waals surface area (Å²) in [6, 6.07) is -7.54. The molecule has 118 heavy (non-hydrogen) atoms. The second-order valence-electron chi connectivity index (χ2n) is 29.3. The molecule has 8 aliphatic heterocycles. The zero-order valence-electron chi connectivity index (χ0n) is 63.3. The van der Waals surface area contributed by atoms with E-state index in [4.69, 9.17) is 75.8 Å². The van der Waals surface area contributed by atoms with E-state index in [0.717, 1.165) is 27.7 Å². The maximum absolute atomic E-state index is 13.0. The second kappa shape index (κ2) is 43.5. The van der Waals surface area contributed by atoms with E-state index in [2.05, 4.69) is 21.3 Å². The van der Waals surface area contributed by atoms with Crippen molar-refractivity contribution in [2.24, 2.45) is 0 Å². The molecule has 4 amide bonds. The van der Waals surface area contributed by atoms with E-state index in [1.807, 2.05) is 0 Å². The Kier molecular flexibility index (Phi) is 36.5. The van der Waals surface area contributed by atoms with Crippen LogP contribution in [0.25, 0.3) is 0 Å². The zero-order chi connectivity index (χ0) is 87.7. The van der Waals surface area contributed by atoms with Crippen LogP contribution in [0.4, 0.5) is 0 Å². The molecular formula is C65H110N4O49. The summed E-state index contributed by atoms with van der Waals surface area (Å²) >= 11 is 0. The van der Waals surface area contributed by atoms with E-state index >= 15 is 0 Å². The molecule has 0 bridgehead atoms. The molecular weight excluding hydrogens is 1620 g/mol. The van der Waals surface area contributed by atoms with Crippen molar-refractivity contribution in [1.82, 2.24) is 21.3 Å². The minimum atomic E-state index is -3.05. The first kappa shape index (κ1) is 99.1. The molecule has 0 aromatic rings. The van der Waals surface area contributed by atoms with Crippen molar-refractivity contribution in [3.05, 3.63) is 0 Å². The van der Waals surface area contributed by atoms with Gasteiger partial charge in [-0.05, 0) is 0 Å². The summed E-state index contributed by atoms with van der Waals surface area (Å²) in [6.07, 6.45) is -86.2. The first-order valence-electron chi connectivity index (χ1n) is 37.2. The molecule has 0 aromatic heterocycles. The minimum absolute atomic E-state index is 0.826. The summed E-state index contributed by atoms with van der Waals surface area (Å²) in [5.41, 5.74) is 0. The van der Waals surface area contributed by atoms with Crippen molar-refractivity contribution in [2.45, 2.75) is 310 Å². The van der Waals surface area contributed by atoms with Gasteiger partial charge in [-0.1, -0.05) is 0 Å². The highest BCUT2D eigenvalue weighted by Crippen LogP contribution is 2.41. The van der Waals surface area contributed by atoms with Crippen LogP contribution in [0.5, 0.6) is 0 Å². The predicted molar refractivity (Wildman–Crippen MR) is 363 cm³/mol. The van der Waals surface area contributed by atoms with Gasteiger partial charge < -0.3 is 240 Å². The number of aliphatic hydroxyl groups excluding tert-OH is 27. The van der Waals surface area contributed by atoms with Crippen molar-refractivity contribution < 1.29 is 243 Å². The van der Waals surface area contributed by atoms with Crippen molar-refractivity contribution in [3.63, 3.8) is 0 Å². The number of amides is 4. The summed E-state index contributed by atoms with van der Waals surface area (Å²) in [7, 11) is 0. The third-order valence-corrected chi connectivity index (χ3v) is 21.0. The molecule has 0 unspecified atom stereocenters. The van der Waals surface area contributed by atoms with Gasteiger partial charge in [-0.3, -0.25) is 19.2 Å². The van der Waals surface area contributed by atoms with E-state index < -0.39 is 378 Å². The van der Waals surface area contributed by atoms with Crippen LogP contribution in [-0.4, -0.2) is 514 Å². The van der Waals surface area contributed by atoms with Crippen LogP contribution in [0.2, 0.25) is 0 Å². The monoisotopic (exact) mass is 1730 g/mol. The molecule has 45 atom stereocenters. The Labute approximate surface area is 667 Å². The highest BCUT2D eigenvalue weighted by atomic mass is 16.8. The van der Waals surface area contributed by atoms with Gasteiger partial charge in [0.1, 0.15) is 213 Å². The van der Waals surface area contributed by atoms with Gasteiger partial charge in [-0.25, -0.2) is 4.79 Å². The number of rotatable bonds is 36. The number of aliphatic carboxylic acids is 1. The Hall–Kier alpha value is -4.37. The Morgan fingerprint density at radius 2 is 0.669 bits per heavy atom.